The lowest BCUT2D eigenvalue weighted by Crippen LogP contribution is -2.12. The maximum atomic E-state index is 11.2. The van der Waals surface area contributed by atoms with Crippen LogP contribution in [0.25, 0.3) is 0 Å². The molecule has 0 bridgehead atoms. The van der Waals surface area contributed by atoms with Gasteiger partial charge >= 0.3 is 11.7 Å². The first kappa shape index (κ1) is 13.8. The molecule has 18 heavy (non-hydrogen) atoms. The van der Waals surface area contributed by atoms with Crippen molar-refractivity contribution < 1.29 is 19.2 Å². The molecule has 1 aromatic heterocycles. The molecule has 8 heteroatoms. The van der Waals surface area contributed by atoms with Crippen LogP contribution in [0.5, 0.6) is 0 Å². The molecule has 0 aromatic carbocycles. The summed E-state index contributed by atoms with van der Waals surface area (Å²) in [7, 11) is 2.71. The molecule has 1 aromatic rings. The third-order valence-corrected chi connectivity index (χ3v) is 2.08. The van der Waals surface area contributed by atoms with Crippen molar-refractivity contribution in [2.24, 2.45) is 0 Å². The Labute approximate surface area is 103 Å². The number of hydrogen-bond donors (Lipinski definition) is 1. The molecular formula is C10H13N3O5. The van der Waals surface area contributed by atoms with Crippen molar-refractivity contribution >= 4 is 17.5 Å². The first-order valence-electron chi connectivity index (χ1n) is 5.05. The van der Waals surface area contributed by atoms with E-state index in [2.05, 4.69) is 15.0 Å². The summed E-state index contributed by atoms with van der Waals surface area (Å²) in [6.45, 7) is 0.763. The molecule has 0 aliphatic rings. The van der Waals surface area contributed by atoms with E-state index in [1.165, 1.54) is 20.4 Å². The van der Waals surface area contributed by atoms with Crippen LogP contribution in [0, 0.1) is 10.1 Å². The maximum Gasteiger partial charge on any atom is 0.339 e. The zero-order valence-corrected chi connectivity index (χ0v) is 10.0. The van der Waals surface area contributed by atoms with Crippen molar-refractivity contribution in [3.63, 3.8) is 0 Å². The van der Waals surface area contributed by atoms with E-state index in [1.54, 1.807) is 0 Å². The molecular weight excluding hydrogens is 242 g/mol. The van der Waals surface area contributed by atoms with Crippen LogP contribution in [0.15, 0.2) is 12.3 Å². The number of hydrogen-bond acceptors (Lipinski definition) is 7. The number of methoxy groups -OCH3 is 2. The first-order chi connectivity index (χ1) is 8.60. The fourth-order valence-electron chi connectivity index (χ4n) is 1.23. The van der Waals surface area contributed by atoms with Crippen molar-refractivity contribution in [2.75, 3.05) is 32.7 Å². The van der Waals surface area contributed by atoms with Gasteiger partial charge in [-0.05, 0) is 0 Å². The van der Waals surface area contributed by atoms with Crippen molar-refractivity contribution in [1.29, 1.82) is 0 Å². The lowest BCUT2D eigenvalue weighted by Gasteiger charge is -2.06. The quantitative estimate of drug-likeness (QED) is 0.347. The average Bonchev–Trinajstić information content (AvgIpc) is 2.38. The molecule has 1 heterocycles. The largest absolute Gasteiger partial charge is 0.465 e. The molecule has 0 spiro atoms. The Kier molecular flexibility index (Phi) is 5.00. The van der Waals surface area contributed by atoms with Gasteiger partial charge in [0.05, 0.1) is 24.2 Å². The van der Waals surface area contributed by atoms with Gasteiger partial charge in [0.2, 0.25) is 5.82 Å². The molecule has 1 rings (SSSR count). The van der Waals surface area contributed by atoms with Crippen LogP contribution in [-0.2, 0) is 9.47 Å². The first-order valence-corrected chi connectivity index (χ1v) is 5.05. The summed E-state index contributed by atoms with van der Waals surface area (Å²) in [6.07, 6.45) is 1.22. The summed E-state index contributed by atoms with van der Waals surface area (Å²) < 4.78 is 9.28. The topological polar surface area (TPSA) is 104 Å². The number of aromatic nitrogens is 1. The van der Waals surface area contributed by atoms with Crippen molar-refractivity contribution in [2.45, 2.75) is 0 Å². The van der Waals surface area contributed by atoms with Crippen LogP contribution in [0.1, 0.15) is 10.4 Å². The summed E-state index contributed by atoms with van der Waals surface area (Å²) in [5.41, 5.74) is -0.254. The number of ether oxygens (including phenoxy) is 2. The number of nitrogens with one attached hydrogen (secondary N) is 1. The summed E-state index contributed by atoms with van der Waals surface area (Å²) in [5, 5.41) is 13.6. The molecule has 98 valence electrons. The number of anilines is 1. The number of nitrogens with zero attached hydrogens (tertiary/aromatic N) is 2. The summed E-state index contributed by atoms with van der Waals surface area (Å²) >= 11 is 0. The second kappa shape index (κ2) is 6.50. The maximum absolute atomic E-state index is 11.2. The molecule has 0 aliphatic carbocycles. The highest BCUT2D eigenvalue weighted by atomic mass is 16.6. The molecule has 0 fully saturated rings. The molecule has 0 unspecified atom stereocenters. The molecule has 0 saturated heterocycles. The second-order valence-electron chi connectivity index (χ2n) is 3.26. The van der Waals surface area contributed by atoms with Crippen molar-refractivity contribution in [1.82, 2.24) is 4.98 Å². The van der Waals surface area contributed by atoms with Crippen LogP contribution in [-0.4, -0.2) is 43.2 Å². The molecule has 0 atom stereocenters. The number of carbonyl (C=O) groups excluding carboxylic acids is 1. The minimum absolute atomic E-state index is 0.0292. The normalized spacial score (nSPS) is 9.89. The van der Waals surface area contributed by atoms with E-state index in [-0.39, 0.29) is 17.1 Å². The number of carbonyl (C=O) groups is 1. The highest BCUT2D eigenvalue weighted by Crippen LogP contribution is 2.22. The van der Waals surface area contributed by atoms with Gasteiger partial charge < -0.3 is 14.8 Å². The van der Waals surface area contributed by atoms with Gasteiger partial charge in [0.1, 0.15) is 0 Å². The predicted molar refractivity (Wildman–Crippen MR) is 62.6 cm³/mol. The van der Waals surface area contributed by atoms with Gasteiger partial charge in [0.15, 0.2) is 0 Å². The zero-order valence-electron chi connectivity index (χ0n) is 10.0. The lowest BCUT2D eigenvalue weighted by atomic mass is 10.2. The Morgan fingerprint density at radius 3 is 2.83 bits per heavy atom. The standard InChI is InChI=1S/C10H13N3O5/c1-17-4-3-11-9-8(13(15)16)5-7(6-12-9)10(14)18-2/h5-6H,3-4H2,1-2H3,(H,11,12). The smallest absolute Gasteiger partial charge is 0.339 e. The molecule has 0 radical (unpaired) electrons. The van der Waals surface area contributed by atoms with E-state index in [0.29, 0.717) is 13.2 Å². The summed E-state index contributed by atoms with van der Waals surface area (Å²) in [5.74, 6) is -0.584. The monoisotopic (exact) mass is 255 g/mol. The van der Waals surface area contributed by atoms with E-state index in [0.717, 1.165) is 6.07 Å². The van der Waals surface area contributed by atoms with Gasteiger partial charge in [0.25, 0.3) is 0 Å². The number of pyridine rings is 1. The Balaban J connectivity index is 2.97. The molecule has 0 aliphatic heterocycles. The van der Waals surface area contributed by atoms with Gasteiger partial charge in [-0.1, -0.05) is 0 Å². The van der Waals surface area contributed by atoms with Crippen LogP contribution >= 0.6 is 0 Å². The van der Waals surface area contributed by atoms with Crippen LogP contribution < -0.4 is 5.32 Å². The van der Waals surface area contributed by atoms with Crippen LogP contribution in [0.3, 0.4) is 0 Å². The third-order valence-electron chi connectivity index (χ3n) is 2.08. The average molecular weight is 255 g/mol. The molecule has 1 N–H and O–H groups in total. The second-order valence-corrected chi connectivity index (χ2v) is 3.26. The van der Waals surface area contributed by atoms with E-state index in [1.807, 2.05) is 0 Å². The van der Waals surface area contributed by atoms with E-state index in [9.17, 15) is 14.9 Å². The van der Waals surface area contributed by atoms with Gasteiger partial charge in [-0.25, -0.2) is 9.78 Å². The highest BCUT2D eigenvalue weighted by molar-refractivity contribution is 5.90. The minimum Gasteiger partial charge on any atom is -0.465 e. The number of esters is 1. The van der Waals surface area contributed by atoms with Gasteiger partial charge in [-0.2, -0.15) is 0 Å². The lowest BCUT2D eigenvalue weighted by molar-refractivity contribution is -0.384. The Bertz CT molecular complexity index is 449. The molecule has 8 nitrogen and oxygen atoms in total. The van der Waals surface area contributed by atoms with E-state index in [4.69, 9.17) is 4.74 Å². The fourth-order valence-corrected chi connectivity index (χ4v) is 1.23. The van der Waals surface area contributed by atoms with Crippen LogP contribution in [0.4, 0.5) is 11.5 Å². The van der Waals surface area contributed by atoms with Gasteiger partial charge in [0, 0.05) is 25.9 Å². The molecule has 0 amide bonds. The van der Waals surface area contributed by atoms with E-state index >= 15 is 0 Å². The summed E-state index contributed by atoms with van der Waals surface area (Å²) in [6, 6.07) is 1.12. The molecule has 0 saturated carbocycles. The Morgan fingerprint density at radius 1 is 1.56 bits per heavy atom. The van der Waals surface area contributed by atoms with E-state index < -0.39 is 10.9 Å². The minimum atomic E-state index is -0.672. The zero-order chi connectivity index (χ0) is 13.5. The summed E-state index contributed by atoms with van der Waals surface area (Å²) in [4.78, 5) is 25.3. The Hall–Kier alpha value is -2.22. The highest BCUT2D eigenvalue weighted by Gasteiger charge is 2.19. The van der Waals surface area contributed by atoms with Gasteiger partial charge in [-0.3, -0.25) is 10.1 Å². The SMILES string of the molecule is COCCNc1ncc(C(=O)OC)cc1[N+](=O)[O-]. The Morgan fingerprint density at radius 2 is 2.28 bits per heavy atom. The van der Waals surface area contributed by atoms with Crippen molar-refractivity contribution in [3.8, 4) is 0 Å². The van der Waals surface area contributed by atoms with Crippen LogP contribution in [0.2, 0.25) is 0 Å². The predicted octanol–water partition coefficient (Wildman–Crippen LogP) is 0.835. The number of rotatable bonds is 6. The number of nitro groups is 1. The van der Waals surface area contributed by atoms with Crippen molar-refractivity contribution in [3.05, 3.63) is 27.9 Å². The van der Waals surface area contributed by atoms with Gasteiger partial charge in [-0.15, -0.1) is 0 Å². The fraction of sp³-hybridized carbons (Fsp3) is 0.400. The third kappa shape index (κ3) is 3.39.